The van der Waals surface area contributed by atoms with Gasteiger partial charge in [0.1, 0.15) is 17.8 Å². The van der Waals surface area contributed by atoms with Gasteiger partial charge >= 0.3 is 6.18 Å². The Bertz CT molecular complexity index is 771. The van der Waals surface area contributed by atoms with E-state index in [2.05, 4.69) is 20.6 Å². The molecule has 1 aromatic heterocycles. The van der Waals surface area contributed by atoms with Gasteiger partial charge in [-0.2, -0.15) is 13.2 Å². The molecule has 1 amide bonds. The number of rotatable bonds is 7. The number of anilines is 2. The highest BCUT2D eigenvalue weighted by molar-refractivity contribution is 6.33. The first-order valence-electron chi connectivity index (χ1n) is 7.54. The van der Waals surface area contributed by atoms with E-state index >= 15 is 0 Å². The second kappa shape index (κ2) is 8.81. The van der Waals surface area contributed by atoms with Crippen LogP contribution in [0.4, 0.5) is 24.7 Å². The van der Waals surface area contributed by atoms with Crippen LogP contribution in [0.5, 0.6) is 0 Å². The van der Waals surface area contributed by atoms with Crippen LogP contribution >= 0.6 is 11.6 Å². The van der Waals surface area contributed by atoms with Gasteiger partial charge in [0, 0.05) is 26.3 Å². The van der Waals surface area contributed by atoms with Gasteiger partial charge in [0.2, 0.25) is 0 Å². The highest BCUT2D eigenvalue weighted by Crippen LogP contribution is 2.33. The molecule has 2 aromatic rings. The lowest BCUT2D eigenvalue weighted by Crippen LogP contribution is -2.16. The van der Waals surface area contributed by atoms with Crippen molar-refractivity contribution in [2.45, 2.75) is 12.6 Å². The number of nitrogens with one attached hydrogen (secondary N) is 2. The fourth-order valence-corrected chi connectivity index (χ4v) is 2.16. The van der Waals surface area contributed by atoms with Gasteiger partial charge < -0.3 is 15.4 Å². The molecule has 0 aliphatic rings. The molecule has 0 aliphatic carbocycles. The molecular weight excluding hydrogens is 373 g/mol. The third-order valence-corrected chi connectivity index (χ3v) is 3.60. The van der Waals surface area contributed by atoms with Gasteiger partial charge in [-0.15, -0.1) is 0 Å². The summed E-state index contributed by atoms with van der Waals surface area (Å²) in [5, 5.41) is 5.31. The van der Waals surface area contributed by atoms with E-state index in [-0.39, 0.29) is 16.4 Å². The van der Waals surface area contributed by atoms with Crippen LogP contribution in [0.2, 0.25) is 5.02 Å². The number of benzene rings is 1. The van der Waals surface area contributed by atoms with Crippen molar-refractivity contribution in [2.24, 2.45) is 0 Å². The summed E-state index contributed by atoms with van der Waals surface area (Å²) >= 11 is 5.87. The van der Waals surface area contributed by atoms with Gasteiger partial charge in [-0.1, -0.05) is 11.6 Å². The summed E-state index contributed by atoms with van der Waals surface area (Å²) in [4.78, 5) is 20.1. The number of nitrogens with zero attached hydrogens (tertiary/aromatic N) is 2. The van der Waals surface area contributed by atoms with E-state index < -0.39 is 17.6 Å². The largest absolute Gasteiger partial charge is 0.416 e. The zero-order valence-electron chi connectivity index (χ0n) is 13.7. The molecule has 26 heavy (non-hydrogen) atoms. The van der Waals surface area contributed by atoms with E-state index in [0.717, 1.165) is 24.6 Å². The third kappa shape index (κ3) is 5.57. The first-order chi connectivity index (χ1) is 12.3. The Balaban J connectivity index is 2.10. The highest BCUT2D eigenvalue weighted by atomic mass is 35.5. The summed E-state index contributed by atoms with van der Waals surface area (Å²) < 4.78 is 43.3. The molecule has 0 unspecified atom stereocenters. The zero-order chi connectivity index (χ0) is 19.2. The Kier molecular flexibility index (Phi) is 6.76. The number of ether oxygens (including phenoxy) is 1. The van der Waals surface area contributed by atoms with Gasteiger partial charge in [0.05, 0.1) is 16.3 Å². The maximum atomic E-state index is 12.8. The second-order valence-electron chi connectivity index (χ2n) is 5.21. The van der Waals surface area contributed by atoms with E-state index in [0.29, 0.717) is 19.0 Å². The number of hydrogen-bond donors (Lipinski definition) is 2. The molecule has 0 atom stereocenters. The van der Waals surface area contributed by atoms with Crippen LogP contribution in [0.25, 0.3) is 0 Å². The number of amides is 1. The summed E-state index contributed by atoms with van der Waals surface area (Å²) in [5.74, 6) is -0.287. The van der Waals surface area contributed by atoms with Crippen LogP contribution in [-0.4, -0.2) is 36.1 Å². The first-order valence-corrected chi connectivity index (χ1v) is 7.92. The van der Waals surface area contributed by atoms with Gasteiger partial charge in [0.25, 0.3) is 5.91 Å². The van der Waals surface area contributed by atoms with Crippen LogP contribution < -0.4 is 10.6 Å². The van der Waals surface area contributed by atoms with Gasteiger partial charge in [-0.25, -0.2) is 9.97 Å². The Morgan fingerprint density at radius 3 is 2.73 bits per heavy atom. The Morgan fingerprint density at radius 2 is 2.04 bits per heavy atom. The lowest BCUT2D eigenvalue weighted by Gasteiger charge is -2.12. The zero-order valence-corrected chi connectivity index (χ0v) is 14.5. The van der Waals surface area contributed by atoms with E-state index in [1.165, 1.54) is 12.4 Å². The molecule has 2 rings (SSSR count). The lowest BCUT2D eigenvalue weighted by atomic mass is 10.2. The Hall–Kier alpha value is -2.39. The van der Waals surface area contributed by atoms with E-state index in [4.69, 9.17) is 16.3 Å². The molecule has 0 bridgehead atoms. The Labute approximate surface area is 152 Å². The molecule has 10 heteroatoms. The normalized spacial score (nSPS) is 11.3. The summed E-state index contributed by atoms with van der Waals surface area (Å²) in [5.41, 5.74) is -1.08. The summed E-state index contributed by atoms with van der Waals surface area (Å²) in [6, 6.07) is 4.07. The van der Waals surface area contributed by atoms with Gasteiger partial charge in [-0.05, 0) is 24.6 Å². The van der Waals surface area contributed by atoms with Crippen molar-refractivity contribution in [3.63, 3.8) is 0 Å². The van der Waals surface area contributed by atoms with Crippen molar-refractivity contribution in [1.82, 2.24) is 9.97 Å². The SMILES string of the molecule is COCCCNc1cc(C(=O)Nc2cc(C(F)(F)F)ccc2Cl)ncn1. The molecule has 1 heterocycles. The fourth-order valence-electron chi connectivity index (χ4n) is 1.99. The molecule has 0 spiro atoms. The molecule has 6 nitrogen and oxygen atoms in total. The molecule has 0 saturated heterocycles. The topological polar surface area (TPSA) is 76.1 Å². The molecule has 0 radical (unpaired) electrons. The van der Waals surface area contributed by atoms with E-state index in [9.17, 15) is 18.0 Å². The molecule has 140 valence electrons. The second-order valence-corrected chi connectivity index (χ2v) is 5.62. The van der Waals surface area contributed by atoms with Crippen LogP contribution in [0.3, 0.4) is 0 Å². The summed E-state index contributed by atoms with van der Waals surface area (Å²) in [6.45, 7) is 1.14. The third-order valence-electron chi connectivity index (χ3n) is 3.27. The fraction of sp³-hybridized carbons (Fsp3) is 0.312. The van der Waals surface area contributed by atoms with E-state index in [1.54, 1.807) is 7.11 Å². The molecule has 0 saturated carbocycles. The number of hydrogen-bond acceptors (Lipinski definition) is 5. The lowest BCUT2D eigenvalue weighted by molar-refractivity contribution is -0.137. The van der Waals surface area contributed by atoms with Crippen molar-refractivity contribution in [3.8, 4) is 0 Å². The van der Waals surface area contributed by atoms with Gasteiger partial charge in [-0.3, -0.25) is 4.79 Å². The highest BCUT2D eigenvalue weighted by Gasteiger charge is 2.31. The smallest absolute Gasteiger partial charge is 0.385 e. The number of aromatic nitrogens is 2. The van der Waals surface area contributed by atoms with Crippen molar-refractivity contribution in [1.29, 1.82) is 0 Å². The minimum Gasteiger partial charge on any atom is -0.385 e. The van der Waals surface area contributed by atoms with Crippen molar-refractivity contribution >= 4 is 29.0 Å². The minimum absolute atomic E-state index is 0.0114. The predicted molar refractivity (Wildman–Crippen MR) is 91.4 cm³/mol. The van der Waals surface area contributed by atoms with Crippen LogP contribution in [0, 0.1) is 0 Å². The van der Waals surface area contributed by atoms with E-state index in [1.807, 2.05) is 0 Å². The quantitative estimate of drug-likeness (QED) is 0.704. The number of carbonyl (C=O) groups is 1. The predicted octanol–water partition coefficient (Wildman–Crippen LogP) is 3.85. The molecular formula is C16H16ClF3N4O2. The van der Waals surface area contributed by atoms with Crippen molar-refractivity contribution < 1.29 is 22.7 Å². The molecule has 0 aliphatic heterocycles. The van der Waals surface area contributed by atoms with Crippen LogP contribution in [0.1, 0.15) is 22.5 Å². The maximum absolute atomic E-state index is 12.8. The standard InChI is InChI=1S/C16H16ClF3N4O2/c1-26-6-2-5-21-14-8-13(22-9-23-14)15(25)24-12-7-10(16(18,19)20)3-4-11(12)17/h3-4,7-9H,2,5-6H2,1H3,(H,24,25)(H,21,22,23). The summed E-state index contributed by atoms with van der Waals surface area (Å²) in [7, 11) is 1.59. The maximum Gasteiger partial charge on any atom is 0.416 e. The molecule has 2 N–H and O–H groups in total. The number of methoxy groups -OCH3 is 1. The van der Waals surface area contributed by atoms with Crippen molar-refractivity contribution in [2.75, 3.05) is 30.9 Å². The molecule has 1 aromatic carbocycles. The number of halogens is 4. The number of alkyl halides is 3. The van der Waals surface area contributed by atoms with Crippen molar-refractivity contribution in [3.05, 3.63) is 46.9 Å². The molecule has 0 fully saturated rings. The van der Waals surface area contributed by atoms with Crippen LogP contribution in [-0.2, 0) is 10.9 Å². The first kappa shape index (κ1) is 19.9. The summed E-state index contributed by atoms with van der Waals surface area (Å²) in [6.07, 6.45) is -2.62. The van der Waals surface area contributed by atoms with Gasteiger partial charge in [0.15, 0.2) is 0 Å². The average molecular weight is 389 g/mol. The average Bonchev–Trinajstić information content (AvgIpc) is 2.60. The number of carbonyl (C=O) groups excluding carboxylic acids is 1. The Morgan fingerprint density at radius 1 is 1.27 bits per heavy atom. The monoisotopic (exact) mass is 388 g/mol. The minimum atomic E-state index is -4.54. The van der Waals surface area contributed by atoms with Crippen LogP contribution in [0.15, 0.2) is 30.6 Å².